The average molecular weight is 395 g/mol. The zero-order valence-electron chi connectivity index (χ0n) is 18.5. The van der Waals surface area contributed by atoms with Crippen molar-refractivity contribution < 1.29 is 19.5 Å². The molecule has 0 radical (unpaired) electrons. The zero-order valence-corrected chi connectivity index (χ0v) is 18.5. The lowest BCUT2D eigenvalue weighted by Crippen LogP contribution is -2.49. The monoisotopic (exact) mass is 394 g/mol. The fourth-order valence-electron chi connectivity index (χ4n) is 3.01. The van der Waals surface area contributed by atoms with E-state index in [-0.39, 0.29) is 30.2 Å². The number of carboxylic acids is 1. The summed E-state index contributed by atoms with van der Waals surface area (Å²) < 4.78 is 0. The first-order valence-corrected chi connectivity index (χ1v) is 10.2. The highest BCUT2D eigenvalue weighted by Crippen LogP contribution is 2.22. The number of carboxylic acid groups (broad SMARTS) is 1. The number of aliphatic carboxylic acids is 1. The minimum atomic E-state index is -0.891. The molecule has 28 heavy (non-hydrogen) atoms. The van der Waals surface area contributed by atoms with E-state index < -0.39 is 11.5 Å². The molecule has 0 saturated heterocycles. The van der Waals surface area contributed by atoms with Crippen molar-refractivity contribution in [3.8, 4) is 12.3 Å². The lowest BCUT2D eigenvalue weighted by molar-refractivity contribution is -0.140. The molecule has 6 heteroatoms. The van der Waals surface area contributed by atoms with E-state index >= 15 is 0 Å². The molecule has 0 spiro atoms. The average Bonchev–Trinajstić information content (AvgIpc) is 2.61. The van der Waals surface area contributed by atoms with Gasteiger partial charge in [-0.1, -0.05) is 19.8 Å². The topological polar surface area (TPSA) is 77.9 Å². The quantitative estimate of drug-likeness (QED) is 0.483. The molecule has 0 aliphatic heterocycles. The molecule has 160 valence electrons. The van der Waals surface area contributed by atoms with Crippen LogP contribution in [-0.4, -0.2) is 56.9 Å². The van der Waals surface area contributed by atoms with E-state index in [4.69, 9.17) is 11.5 Å². The standard InChI is InChI=1S/C22H38N2O4/c1-8-13-18(25)23(21(4,5)9-2)16-11-14-19(26)24(22(6,7)10-3)17-12-15-20(27)28/h3H,8-9,11-17H2,1-2,4-7H3,(H,27,28). The third-order valence-corrected chi connectivity index (χ3v) is 5.23. The van der Waals surface area contributed by atoms with Gasteiger partial charge in [-0.2, -0.15) is 0 Å². The van der Waals surface area contributed by atoms with E-state index in [1.54, 1.807) is 18.7 Å². The van der Waals surface area contributed by atoms with Gasteiger partial charge < -0.3 is 14.9 Å². The summed E-state index contributed by atoms with van der Waals surface area (Å²) >= 11 is 0. The van der Waals surface area contributed by atoms with Gasteiger partial charge in [0.15, 0.2) is 0 Å². The number of hydrogen-bond acceptors (Lipinski definition) is 3. The van der Waals surface area contributed by atoms with E-state index in [0.29, 0.717) is 32.4 Å². The Labute approximate surface area is 170 Å². The Morgan fingerprint density at radius 3 is 1.86 bits per heavy atom. The predicted octanol–water partition coefficient (Wildman–Crippen LogP) is 3.69. The number of rotatable bonds is 13. The number of amides is 2. The van der Waals surface area contributed by atoms with Crippen molar-refractivity contribution in [1.29, 1.82) is 0 Å². The van der Waals surface area contributed by atoms with Crippen LogP contribution in [0, 0.1) is 12.3 Å². The van der Waals surface area contributed by atoms with Crippen LogP contribution in [0.2, 0.25) is 0 Å². The fourth-order valence-corrected chi connectivity index (χ4v) is 3.01. The first-order valence-electron chi connectivity index (χ1n) is 10.2. The van der Waals surface area contributed by atoms with Crippen LogP contribution >= 0.6 is 0 Å². The summed E-state index contributed by atoms with van der Waals surface area (Å²) in [5.41, 5.74) is -1.04. The largest absolute Gasteiger partial charge is 0.481 e. The molecular formula is C22H38N2O4. The molecule has 0 aliphatic carbocycles. The molecule has 0 aromatic rings. The lowest BCUT2D eigenvalue weighted by atomic mass is 9.97. The van der Waals surface area contributed by atoms with Crippen LogP contribution in [0.3, 0.4) is 0 Å². The summed E-state index contributed by atoms with van der Waals surface area (Å²) in [6, 6.07) is 0. The fraction of sp³-hybridized carbons (Fsp3) is 0.773. The molecule has 0 aromatic carbocycles. The molecule has 6 nitrogen and oxygen atoms in total. The van der Waals surface area contributed by atoms with Crippen LogP contribution in [0.1, 0.15) is 86.5 Å². The van der Waals surface area contributed by atoms with Gasteiger partial charge in [0, 0.05) is 37.9 Å². The third kappa shape index (κ3) is 8.33. The van der Waals surface area contributed by atoms with Gasteiger partial charge in [-0.3, -0.25) is 14.4 Å². The summed E-state index contributed by atoms with van der Waals surface area (Å²) in [6.07, 6.45) is 8.89. The van der Waals surface area contributed by atoms with Crippen molar-refractivity contribution in [2.24, 2.45) is 0 Å². The number of carbonyl (C=O) groups excluding carboxylic acids is 2. The van der Waals surface area contributed by atoms with E-state index in [1.165, 1.54) is 0 Å². The van der Waals surface area contributed by atoms with Crippen LogP contribution in [0.15, 0.2) is 0 Å². The zero-order chi connectivity index (χ0) is 22.0. The Balaban J connectivity index is 5.04. The van der Waals surface area contributed by atoms with E-state index in [0.717, 1.165) is 12.8 Å². The van der Waals surface area contributed by atoms with E-state index in [1.807, 2.05) is 25.7 Å². The SMILES string of the molecule is C#CC(C)(C)N(CCCC(=O)O)C(=O)CCCN(C(=O)CCC)C(C)(C)CC. The second kappa shape index (κ2) is 11.7. The Bertz CT molecular complexity index is 576. The number of nitrogens with zero attached hydrogens (tertiary/aromatic N) is 2. The van der Waals surface area contributed by atoms with Crippen molar-refractivity contribution in [2.45, 2.75) is 97.6 Å². The Morgan fingerprint density at radius 2 is 1.39 bits per heavy atom. The molecule has 0 fully saturated rings. The molecule has 0 saturated carbocycles. The van der Waals surface area contributed by atoms with Crippen molar-refractivity contribution >= 4 is 17.8 Å². The first kappa shape index (κ1) is 26.0. The number of hydrogen-bond donors (Lipinski definition) is 1. The smallest absolute Gasteiger partial charge is 0.303 e. The van der Waals surface area contributed by atoms with Crippen LogP contribution in [0.4, 0.5) is 0 Å². The minimum Gasteiger partial charge on any atom is -0.481 e. The molecule has 0 aromatic heterocycles. The van der Waals surface area contributed by atoms with Gasteiger partial charge in [0.25, 0.3) is 0 Å². The maximum atomic E-state index is 12.8. The Morgan fingerprint density at radius 1 is 0.893 bits per heavy atom. The van der Waals surface area contributed by atoms with Gasteiger partial charge in [0.05, 0.1) is 5.54 Å². The van der Waals surface area contributed by atoms with Gasteiger partial charge in [-0.05, 0) is 53.4 Å². The predicted molar refractivity (Wildman–Crippen MR) is 112 cm³/mol. The van der Waals surface area contributed by atoms with Gasteiger partial charge in [-0.15, -0.1) is 6.42 Å². The minimum absolute atomic E-state index is 0.00554. The van der Waals surface area contributed by atoms with Crippen molar-refractivity contribution in [2.75, 3.05) is 13.1 Å². The second-order valence-electron chi connectivity index (χ2n) is 8.31. The van der Waals surface area contributed by atoms with Crippen molar-refractivity contribution in [1.82, 2.24) is 9.80 Å². The van der Waals surface area contributed by atoms with Crippen LogP contribution in [0.25, 0.3) is 0 Å². The maximum absolute atomic E-state index is 12.8. The Kier molecular flexibility index (Phi) is 10.9. The molecule has 0 atom stereocenters. The highest BCUT2D eigenvalue weighted by molar-refractivity contribution is 5.78. The number of carbonyl (C=O) groups is 3. The van der Waals surface area contributed by atoms with Crippen molar-refractivity contribution in [3.05, 3.63) is 0 Å². The van der Waals surface area contributed by atoms with E-state index in [9.17, 15) is 14.4 Å². The van der Waals surface area contributed by atoms with E-state index in [2.05, 4.69) is 12.8 Å². The van der Waals surface area contributed by atoms with Gasteiger partial charge >= 0.3 is 5.97 Å². The van der Waals surface area contributed by atoms with Crippen molar-refractivity contribution in [3.63, 3.8) is 0 Å². The molecule has 0 bridgehead atoms. The van der Waals surface area contributed by atoms with Crippen LogP contribution in [-0.2, 0) is 14.4 Å². The normalized spacial score (nSPS) is 11.6. The summed E-state index contributed by atoms with van der Waals surface area (Å²) in [5, 5.41) is 8.84. The second-order valence-corrected chi connectivity index (χ2v) is 8.31. The molecule has 0 unspecified atom stereocenters. The van der Waals surface area contributed by atoms with Crippen LogP contribution in [0.5, 0.6) is 0 Å². The molecular weight excluding hydrogens is 356 g/mol. The first-order chi connectivity index (χ1) is 12.9. The summed E-state index contributed by atoms with van der Waals surface area (Å²) in [5.74, 6) is 1.74. The molecule has 0 rings (SSSR count). The molecule has 0 aliphatic rings. The van der Waals surface area contributed by atoms with Crippen LogP contribution < -0.4 is 0 Å². The molecule has 1 N–H and O–H groups in total. The highest BCUT2D eigenvalue weighted by atomic mass is 16.4. The maximum Gasteiger partial charge on any atom is 0.303 e. The van der Waals surface area contributed by atoms with Gasteiger partial charge in [0.2, 0.25) is 11.8 Å². The van der Waals surface area contributed by atoms with Gasteiger partial charge in [-0.25, -0.2) is 0 Å². The van der Waals surface area contributed by atoms with Gasteiger partial charge in [0.1, 0.15) is 0 Å². The highest BCUT2D eigenvalue weighted by Gasteiger charge is 2.31. The lowest BCUT2D eigenvalue weighted by Gasteiger charge is -2.39. The Hall–Kier alpha value is -2.03. The summed E-state index contributed by atoms with van der Waals surface area (Å²) in [6.45, 7) is 12.5. The third-order valence-electron chi connectivity index (χ3n) is 5.23. The number of terminal acetylenes is 1. The summed E-state index contributed by atoms with van der Waals surface area (Å²) in [7, 11) is 0. The molecule has 0 heterocycles. The molecule has 2 amide bonds. The summed E-state index contributed by atoms with van der Waals surface area (Å²) in [4.78, 5) is 39.6.